The van der Waals surface area contributed by atoms with Crippen molar-refractivity contribution in [2.24, 2.45) is 5.92 Å². The molecule has 2 aliphatic heterocycles. The summed E-state index contributed by atoms with van der Waals surface area (Å²) in [7, 11) is 2.17. The molecule has 0 bridgehead atoms. The fourth-order valence-electron chi connectivity index (χ4n) is 3.43. The van der Waals surface area contributed by atoms with Gasteiger partial charge in [-0.3, -0.25) is 4.79 Å². The standard InChI is InChI=1S/C15H29N3O/c1-3-7-15(8-4-9-17-15)14(19)16-12-13-5-10-18(2)11-6-13/h13,17H,3-12H2,1-2H3,(H,16,19). The summed E-state index contributed by atoms with van der Waals surface area (Å²) in [4.78, 5) is 14.9. The van der Waals surface area contributed by atoms with Gasteiger partial charge in [0, 0.05) is 6.54 Å². The molecule has 0 aliphatic carbocycles. The lowest BCUT2D eigenvalue weighted by Gasteiger charge is -2.32. The van der Waals surface area contributed by atoms with E-state index in [1.165, 1.54) is 25.9 Å². The molecule has 0 radical (unpaired) electrons. The molecule has 0 aromatic carbocycles. The number of carbonyl (C=O) groups excluding carboxylic acids is 1. The maximum atomic E-state index is 12.5. The van der Waals surface area contributed by atoms with Crippen molar-refractivity contribution in [2.45, 2.75) is 51.0 Å². The molecule has 4 heteroatoms. The van der Waals surface area contributed by atoms with Gasteiger partial charge in [0.2, 0.25) is 5.91 Å². The zero-order chi connectivity index (χ0) is 13.7. The Morgan fingerprint density at radius 3 is 2.74 bits per heavy atom. The molecule has 0 spiro atoms. The average molecular weight is 267 g/mol. The summed E-state index contributed by atoms with van der Waals surface area (Å²) in [5, 5.41) is 6.66. The van der Waals surface area contributed by atoms with Gasteiger partial charge in [0.1, 0.15) is 0 Å². The summed E-state index contributed by atoms with van der Waals surface area (Å²) >= 11 is 0. The minimum Gasteiger partial charge on any atom is -0.354 e. The van der Waals surface area contributed by atoms with Crippen molar-refractivity contribution in [3.63, 3.8) is 0 Å². The molecule has 2 fully saturated rings. The highest BCUT2D eigenvalue weighted by molar-refractivity contribution is 5.86. The highest BCUT2D eigenvalue weighted by atomic mass is 16.2. The normalized spacial score (nSPS) is 29.6. The van der Waals surface area contributed by atoms with Crippen LogP contribution in [-0.2, 0) is 4.79 Å². The van der Waals surface area contributed by atoms with Gasteiger partial charge in [-0.1, -0.05) is 13.3 Å². The van der Waals surface area contributed by atoms with E-state index in [2.05, 4.69) is 29.5 Å². The predicted molar refractivity (Wildman–Crippen MR) is 78.1 cm³/mol. The Balaban J connectivity index is 1.79. The molecule has 2 saturated heterocycles. The zero-order valence-electron chi connectivity index (χ0n) is 12.5. The second kappa shape index (κ2) is 6.71. The van der Waals surface area contributed by atoms with E-state index in [9.17, 15) is 4.79 Å². The van der Waals surface area contributed by atoms with Crippen LogP contribution in [0.25, 0.3) is 0 Å². The van der Waals surface area contributed by atoms with Crippen LogP contribution in [0.3, 0.4) is 0 Å². The van der Waals surface area contributed by atoms with Gasteiger partial charge in [-0.2, -0.15) is 0 Å². The fourth-order valence-corrected chi connectivity index (χ4v) is 3.43. The summed E-state index contributed by atoms with van der Waals surface area (Å²) in [6.07, 6.45) is 6.58. The number of nitrogens with zero attached hydrogens (tertiary/aromatic N) is 1. The molecule has 0 aromatic rings. The molecule has 1 atom stereocenters. The van der Waals surface area contributed by atoms with Crippen LogP contribution in [0.1, 0.15) is 45.4 Å². The summed E-state index contributed by atoms with van der Waals surface area (Å²) in [6, 6.07) is 0. The van der Waals surface area contributed by atoms with Crippen LogP contribution in [0, 0.1) is 5.92 Å². The van der Waals surface area contributed by atoms with E-state index in [4.69, 9.17) is 0 Å². The fraction of sp³-hybridized carbons (Fsp3) is 0.933. The minimum absolute atomic E-state index is 0.241. The summed E-state index contributed by atoms with van der Waals surface area (Å²) in [6.45, 7) is 6.34. The summed E-state index contributed by atoms with van der Waals surface area (Å²) in [5.74, 6) is 0.908. The molecule has 4 nitrogen and oxygen atoms in total. The molecule has 2 N–H and O–H groups in total. The van der Waals surface area contributed by atoms with Crippen molar-refractivity contribution < 1.29 is 4.79 Å². The van der Waals surface area contributed by atoms with Crippen LogP contribution in [0.15, 0.2) is 0 Å². The van der Waals surface area contributed by atoms with Crippen molar-refractivity contribution in [1.82, 2.24) is 15.5 Å². The van der Waals surface area contributed by atoms with Crippen molar-refractivity contribution in [3.8, 4) is 0 Å². The molecule has 2 aliphatic rings. The second-order valence-electron chi connectivity index (χ2n) is 6.32. The van der Waals surface area contributed by atoms with Crippen LogP contribution in [-0.4, -0.2) is 49.6 Å². The largest absolute Gasteiger partial charge is 0.354 e. The molecule has 19 heavy (non-hydrogen) atoms. The lowest BCUT2D eigenvalue weighted by molar-refractivity contribution is -0.127. The van der Waals surface area contributed by atoms with Crippen LogP contribution in [0.5, 0.6) is 0 Å². The Morgan fingerprint density at radius 1 is 1.42 bits per heavy atom. The zero-order valence-corrected chi connectivity index (χ0v) is 12.5. The Hall–Kier alpha value is -0.610. The van der Waals surface area contributed by atoms with E-state index < -0.39 is 0 Å². The van der Waals surface area contributed by atoms with Gasteiger partial charge < -0.3 is 15.5 Å². The van der Waals surface area contributed by atoms with Crippen LogP contribution >= 0.6 is 0 Å². The molecule has 1 unspecified atom stereocenters. The first-order chi connectivity index (χ1) is 9.16. The van der Waals surface area contributed by atoms with Gasteiger partial charge >= 0.3 is 0 Å². The van der Waals surface area contributed by atoms with E-state index in [0.717, 1.165) is 38.8 Å². The highest BCUT2D eigenvalue weighted by Crippen LogP contribution is 2.25. The number of amides is 1. The van der Waals surface area contributed by atoms with Gasteiger partial charge in [0.15, 0.2) is 0 Å². The number of hydrogen-bond acceptors (Lipinski definition) is 3. The first-order valence-electron chi connectivity index (χ1n) is 7.88. The molecule has 2 rings (SSSR count). The second-order valence-corrected chi connectivity index (χ2v) is 6.32. The van der Waals surface area contributed by atoms with Gasteiger partial charge in [0.25, 0.3) is 0 Å². The SMILES string of the molecule is CCCC1(C(=O)NCC2CCN(C)CC2)CCCN1. The number of hydrogen-bond donors (Lipinski definition) is 2. The molecule has 2 heterocycles. The predicted octanol–water partition coefficient (Wildman–Crippen LogP) is 1.37. The van der Waals surface area contributed by atoms with E-state index in [0.29, 0.717) is 5.92 Å². The van der Waals surface area contributed by atoms with Crippen LogP contribution in [0.2, 0.25) is 0 Å². The number of likely N-dealkylation sites (tertiary alicyclic amines) is 1. The Kier molecular flexibility index (Phi) is 5.22. The van der Waals surface area contributed by atoms with Gasteiger partial charge in [-0.25, -0.2) is 0 Å². The van der Waals surface area contributed by atoms with E-state index in [1.54, 1.807) is 0 Å². The smallest absolute Gasteiger partial charge is 0.240 e. The van der Waals surface area contributed by atoms with Gasteiger partial charge in [-0.05, 0) is 64.7 Å². The molecule has 1 amide bonds. The van der Waals surface area contributed by atoms with Crippen molar-refractivity contribution in [1.29, 1.82) is 0 Å². The number of carbonyl (C=O) groups is 1. The molecular formula is C15H29N3O. The van der Waals surface area contributed by atoms with Crippen molar-refractivity contribution >= 4 is 5.91 Å². The van der Waals surface area contributed by atoms with E-state index in [-0.39, 0.29) is 11.4 Å². The van der Waals surface area contributed by atoms with Crippen LogP contribution < -0.4 is 10.6 Å². The third-order valence-electron chi connectivity index (χ3n) is 4.74. The summed E-state index contributed by atoms with van der Waals surface area (Å²) in [5.41, 5.74) is -0.264. The highest BCUT2D eigenvalue weighted by Gasteiger charge is 2.39. The molecule has 110 valence electrons. The Bertz CT molecular complexity index is 292. The molecular weight excluding hydrogens is 238 g/mol. The topological polar surface area (TPSA) is 44.4 Å². The van der Waals surface area contributed by atoms with Crippen molar-refractivity contribution in [2.75, 3.05) is 33.2 Å². The Morgan fingerprint density at radius 2 is 2.16 bits per heavy atom. The third kappa shape index (κ3) is 3.69. The first-order valence-corrected chi connectivity index (χ1v) is 7.88. The summed E-state index contributed by atoms with van der Waals surface area (Å²) < 4.78 is 0. The molecule has 0 saturated carbocycles. The average Bonchev–Trinajstić information content (AvgIpc) is 2.88. The third-order valence-corrected chi connectivity index (χ3v) is 4.74. The lowest BCUT2D eigenvalue weighted by Crippen LogP contribution is -2.54. The Labute approximate surface area is 117 Å². The van der Waals surface area contributed by atoms with Crippen molar-refractivity contribution in [3.05, 3.63) is 0 Å². The minimum atomic E-state index is -0.264. The maximum Gasteiger partial charge on any atom is 0.240 e. The van der Waals surface area contributed by atoms with E-state index in [1.807, 2.05) is 0 Å². The molecule has 0 aromatic heterocycles. The lowest BCUT2D eigenvalue weighted by atomic mass is 9.90. The monoisotopic (exact) mass is 267 g/mol. The first kappa shape index (κ1) is 14.8. The van der Waals surface area contributed by atoms with Gasteiger partial charge in [0.05, 0.1) is 5.54 Å². The van der Waals surface area contributed by atoms with Gasteiger partial charge in [-0.15, -0.1) is 0 Å². The van der Waals surface area contributed by atoms with Crippen LogP contribution in [0.4, 0.5) is 0 Å². The maximum absolute atomic E-state index is 12.5. The van der Waals surface area contributed by atoms with E-state index >= 15 is 0 Å². The number of nitrogens with one attached hydrogen (secondary N) is 2. The number of piperidine rings is 1. The number of rotatable bonds is 5. The quantitative estimate of drug-likeness (QED) is 0.791.